The van der Waals surface area contributed by atoms with Gasteiger partial charge in [0.05, 0.1) is 5.69 Å². The molecule has 3 saturated carbocycles. The number of hydrogen-bond acceptors (Lipinski definition) is 2. The van der Waals surface area contributed by atoms with E-state index >= 15 is 0 Å². The van der Waals surface area contributed by atoms with Crippen LogP contribution in [0.15, 0.2) is 77.3 Å². The van der Waals surface area contributed by atoms with Gasteiger partial charge in [0.1, 0.15) is 11.2 Å². The van der Waals surface area contributed by atoms with Crippen molar-refractivity contribution in [2.75, 3.05) is 0 Å². The van der Waals surface area contributed by atoms with Crippen LogP contribution in [0.4, 0.5) is 0 Å². The summed E-state index contributed by atoms with van der Waals surface area (Å²) in [5.74, 6) is 2.74. The molecule has 2 heterocycles. The number of para-hydroxylation sites is 1. The minimum Gasteiger partial charge on any atom is -0.455 e. The highest BCUT2D eigenvalue weighted by Gasteiger charge is 2.35. The van der Waals surface area contributed by atoms with Crippen molar-refractivity contribution in [2.45, 2.75) is 52.4 Å². The molecule has 5 aromatic rings. The lowest BCUT2D eigenvalue weighted by Crippen LogP contribution is -2.32. The topological polar surface area (TPSA) is 26.0 Å². The van der Waals surface area contributed by atoms with E-state index in [-0.39, 0.29) is 0 Å². The van der Waals surface area contributed by atoms with Gasteiger partial charge in [0.2, 0.25) is 0 Å². The summed E-state index contributed by atoms with van der Waals surface area (Å²) in [5, 5.41) is 2.32. The summed E-state index contributed by atoms with van der Waals surface area (Å²) in [7, 11) is 0. The minimum atomic E-state index is 0.845. The summed E-state index contributed by atoms with van der Waals surface area (Å²) < 4.78 is 6.57. The van der Waals surface area contributed by atoms with Crippen LogP contribution in [-0.4, -0.2) is 4.98 Å². The van der Waals surface area contributed by atoms with Crippen molar-refractivity contribution in [3.8, 4) is 22.4 Å². The molecule has 3 aliphatic carbocycles. The van der Waals surface area contributed by atoms with Gasteiger partial charge in [0.15, 0.2) is 0 Å². The predicted molar refractivity (Wildman–Crippen MR) is 149 cm³/mol. The van der Waals surface area contributed by atoms with E-state index < -0.39 is 0 Å². The van der Waals surface area contributed by atoms with E-state index in [0.29, 0.717) is 0 Å². The Bertz CT molecular complexity index is 1560. The lowest BCUT2D eigenvalue weighted by Gasteiger charge is -2.42. The minimum absolute atomic E-state index is 0.845. The fourth-order valence-corrected chi connectivity index (χ4v) is 7.24. The number of aromatic nitrogens is 1. The number of pyridine rings is 1. The van der Waals surface area contributed by atoms with Gasteiger partial charge in [-0.3, -0.25) is 4.98 Å². The highest BCUT2D eigenvalue weighted by Crippen LogP contribution is 2.46. The van der Waals surface area contributed by atoms with Crippen molar-refractivity contribution in [3.63, 3.8) is 0 Å². The number of fused-ring (bicyclic) bond motifs is 6. The predicted octanol–water partition coefficient (Wildman–Crippen LogP) is 9.30. The van der Waals surface area contributed by atoms with Crippen molar-refractivity contribution in [3.05, 3.63) is 89.6 Å². The van der Waals surface area contributed by atoms with Crippen LogP contribution >= 0.6 is 0 Å². The molecule has 2 nitrogen and oxygen atoms in total. The molecule has 0 amide bonds. The average molecular weight is 472 g/mol. The van der Waals surface area contributed by atoms with E-state index in [2.05, 4.69) is 80.6 Å². The summed E-state index contributed by atoms with van der Waals surface area (Å²) in [6, 6.07) is 24.1. The summed E-state index contributed by atoms with van der Waals surface area (Å²) in [4.78, 5) is 4.80. The molecule has 0 aliphatic heterocycles. The van der Waals surface area contributed by atoms with Crippen molar-refractivity contribution in [2.24, 2.45) is 17.8 Å². The summed E-state index contributed by atoms with van der Waals surface area (Å²) in [5.41, 5.74) is 10.5. The molecule has 2 heteroatoms. The maximum atomic E-state index is 6.57. The smallest absolute Gasteiger partial charge is 0.144 e. The summed E-state index contributed by atoms with van der Waals surface area (Å²) in [6.07, 6.45) is 10.4. The van der Waals surface area contributed by atoms with Gasteiger partial charge in [0.25, 0.3) is 0 Å². The molecule has 36 heavy (non-hydrogen) atoms. The van der Waals surface area contributed by atoms with E-state index in [1.165, 1.54) is 66.3 Å². The first-order chi connectivity index (χ1) is 17.6. The van der Waals surface area contributed by atoms with Crippen molar-refractivity contribution in [1.82, 2.24) is 4.98 Å². The number of hydrogen-bond donors (Lipinski definition) is 0. The molecule has 2 bridgehead atoms. The average Bonchev–Trinajstić information content (AvgIpc) is 3.28. The Labute approximate surface area is 213 Å². The van der Waals surface area contributed by atoms with Crippen LogP contribution in [0, 0.1) is 31.6 Å². The Morgan fingerprint density at radius 1 is 0.833 bits per heavy atom. The highest BCUT2D eigenvalue weighted by molar-refractivity contribution is 6.10. The molecular weight excluding hydrogens is 438 g/mol. The van der Waals surface area contributed by atoms with E-state index in [1.54, 1.807) is 0 Å². The van der Waals surface area contributed by atoms with Crippen LogP contribution in [0.2, 0.25) is 0 Å². The first-order valence-corrected chi connectivity index (χ1v) is 13.6. The Morgan fingerprint density at radius 3 is 2.42 bits per heavy atom. The van der Waals surface area contributed by atoms with E-state index in [0.717, 1.165) is 50.9 Å². The molecule has 8 rings (SSSR count). The normalized spacial score (nSPS) is 21.4. The second kappa shape index (κ2) is 8.62. The molecule has 3 fully saturated rings. The first kappa shape index (κ1) is 21.9. The van der Waals surface area contributed by atoms with Gasteiger partial charge in [0, 0.05) is 22.5 Å². The van der Waals surface area contributed by atoms with E-state index in [9.17, 15) is 0 Å². The molecule has 0 radical (unpaired) electrons. The summed E-state index contributed by atoms with van der Waals surface area (Å²) in [6.45, 7) is 4.36. The lowest BCUT2D eigenvalue weighted by atomic mass is 9.63. The van der Waals surface area contributed by atoms with Gasteiger partial charge in [-0.15, -0.1) is 0 Å². The molecule has 2 aromatic heterocycles. The Balaban J connectivity index is 1.28. The van der Waals surface area contributed by atoms with Gasteiger partial charge in [-0.05, 0) is 115 Å². The Hall–Kier alpha value is -3.39. The van der Waals surface area contributed by atoms with Gasteiger partial charge in [-0.1, -0.05) is 49.2 Å². The molecule has 1 atom stereocenters. The molecular formula is C34H33NO. The van der Waals surface area contributed by atoms with Crippen LogP contribution in [0.1, 0.15) is 48.8 Å². The third-order valence-corrected chi connectivity index (χ3v) is 9.06. The fourth-order valence-electron chi connectivity index (χ4n) is 7.24. The highest BCUT2D eigenvalue weighted by atomic mass is 16.3. The number of rotatable bonds is 4. The molecule has 0 spiro atoms. The van der Waals surface area contributed by atoms with Gasteiger partial charge in [-0.25, -0.2) is 0 Å². The van der Waals surface area contributed by atoms with Gasteiger partial charge < -0.3 is 4.42 Å². The van der Waals surface area contributed by atoms with Crippen LogP contribution < -0.4 is 0 Å². The molecule has 0 saturated heterocycles. The van der Waals surface area contributed by atoms with E-state index in [4.69, 9.17) is 9.40 Å². The molecule has 3 aromatic carbocycles. The number of aryl methyl sites for hydroxylation is 2. The standard InChI is InChI=1S/C34H33NO/c1-21-5-3-6-22(2)33(21)26-13-14-28-29-7-4-8-30(34(29)36-32(28)20-26)31-19-24(15-16-35-31)18-27-17-23-9-11-25(27)12-10-23/h3-8,13-16,19-20,23,25,27H,9-12,17-18H2,1-2H3. The van der Waals surface area contributed by atoms with Gasteiger partial charge in [-0.2, -0.15) is 0 Å². The van der Waals surface area contributed by atoms with Crippen LogP contribution in [0.5, 0.6) is 0 Å². The number of furan rings is 1. The second-order valence-corrected chi connectivity index (χ2v) is 11.3. The zero-order valence-electron chi connectivity index (χ0n) is 21.3. The van der Waals surface area contributed by atoms with Crippen molar-refractivity contribution >= 4 is 21.9 Å². The van der Waals surface area contributed by atoms with Gasteiger partial charge >= 0.3 is 0 Å². The maximum Gasteiger partial charge on any atom is 0.144 e. The zero-order valence-corrected chi connectivity index (χ0v) is 21.3. The monoisotopic (exact) mass is 471 g/mol. The molecule has 1 unspecified atom stereocenters. The third-order valence-electron chi connectivity index (χ3n) is 9.06. The number of nitrogens with zero attached hydrogens (tertiary/aromatic N) is 1. The van der Waals surface area contributed by atoms with Crippen molar-refractivity contribution in [1.29, 1.82) is 0 Å². The number of benzene rings is 3. The third kappa shape index (κ3) is 3.66. The molecule has 180 valence electrons. The van der Waals surface area contributed by atoms with Crippen LogP contribution in [0.3, 0.4) is 0 Å². The maximum absolute atomic E-state index is 6.57. The Kier molecular flexibility index (Phi) is 5.23. The van der Waals surface area contributed by atoms with Crippen molar-refractivity contribution < 1.29 is 4.42 Å². The largest absolute Gasteiger partial charge is 0.455 e. The summed E-state index contributed by atoms with van der Waals surface area (Å²) >= 11 is 0. The second-order valence-electron chi connectivity index (χ2n) is 11.3. The molecule has 0 N–H and O–H groups in total. The van der Waals surface area contributed by atoms with E-state index in [1.807, 2.05) is 6.20 Å². The fraction of sp³-hybridized carbons (Fsp3) is 0.324. The van der Waals surface area contributed by atoms with Crippen LogP contribution in [-0.2, 0) is 6.42 Å². The van der Waals surface area contributed by atoms with Crippen LogP contribution in [0.25, 0.3) is 44.3 Å². The Morgan fingerprint density at radius 2 is 1.64 bits per heavy atom. The zero-order chi connectivity index (χ0) is 24.2. The SMILES string of the molecule is Cc1cccc(C)c1-c1ccc2c(c1)oc1c(-c3cc(CC4CC5CCC4CC5)ccn3)cccc12. The lowest BCUT2D eigenvalue weighted by molar-refractivity contribution is 0.0991. The quantitative estimate of drug-likeness (QED) is 0.261. The molecule has 3 aliphatic rings. The first-order valence-electron chi connectivity index (χ1n) is 13.6.